The zero-order valence-electron chi connectivity index (χ0n) is 21.2. The van der Waals surface area contributed by atoms with Crippen LogP contribution in [0.25, 0.3) is 11.5 Å². The van der Waals surface area contributed by atoms with Gasteiger partial charge < -0.3 is 19.0 Å². The Hall–Kier alpha value is -3.81. The molecule has 1 aromatic heterocycles. The molecule has 190 valence electrons. The number of fused-ring (bicyclic) bond motifs is 1. The first-order valence-corrected chi connectivity index (χ1v) is 12.1. The third-order valence-electron chi connectivity index (χ3n) is 5.95. The van der Waals surface area contributed by atoms with E-state index in [1.165, 1.54) is 0 Å². The topological polar surface area (TPSA) is 102 Å². The Kier molecular flexibility index (Phi) is 7.33. The minimum atomic E-state index is -0.857. The number of ether oxygens (including phenoxy) is 2. The molecule has 0 saturated heterocycles. The molecule has 1 amide bonds. The fourth-order valence-corrected chi connectivity index (χ4v) is 4.22. The summed E-state index contributed by atoms with van der Waals surface area (Å²) >= 11 is 0. The largest absolute Gasteiger partial charge is 0.493 e. The number of hydrogen-bond donors (Lipinski definition) is 1. The first-order chi connectivity index (χ1) is 17.1. The van der Waals surface area contributed by atoms with Crippen molar-refractivity contribution >= 4 is 12.1 Å². The van der Waals surface area contributed by atoms with Crippen LogP contribution in [0.5, 0.6) is 5.75 Å². The van der Waals surface area contributed by atoms with Crippen molar-refractivity contribution in [3.05, 3.63) is 70.6 Å². The van der Waals surface area contributed by atoms with Gasteiger partial charge >= 0.3 is 12.1 Å². The number of amides is 1. The number of aryl methyl sites for hydroxylation is 2. The number of aromatic nitrogens is 1. The third kappa shape index (κ3) is 6.05. The van der Waals surface area contributed by atoms with Crippen molar-refractivity contribution in [1.82, 2.24) is 9.88 Å². The first-order valence-electron chi connectivity index (χ1n) is 12.1. The van der Waals surface area contributed by atoms with Crippen molar-refractivity contribution in [1.29, 1.82) is 0 Å². The van der Waals surface area contributed by atoms with E-state index < -0.39 is 17.7 Å². The molecule has 0 aliphatic carbocycles. The van der Waals surface area contributed by atoms with E-state index in [0.717, 1.165) is 33.7 Å². The molecule has 8 heteroatoms. The lowest BCUT2D eigenvalue weighted by atomic mass is 9.99. The van der Waals surface area contributed by atoms with Gasteiger partial charge in [-0.05, 0) is 63.4 Å². The van der Waals surface area contributed by atoms with Crippen molar-refractivity contribution in [3.63, 3.8) is 0 Å². The average molecular weight is 493 g/mol. The Labute approximate surface area is 210 Å². The van der Waals surface area contributed by atoms with E-state index >= 15 is 0 Å². The predicted molar refractivity (Wildman–Crippen MR) is 134 cm³/mol. The maximum absolute atomic E-state index is 12.7. The molecule has 36 heavy (non-hydrogen) atoms. The van der Waals surface area contributed by atoms with Crippen LogP contribution in [-0.2, 0) is 35.5 Å². The Morgan fingerprint density at radius 1 is 1.06 bits per heavy atom. The van der Waals surface area contributed by atoms with E-state index in [1.807, 2.05) is 70.2 Å². The lowest BCUT2D eigenvalue weighted by Crippen LogP contribution is -2.33. The number of benzene rings is 2. The van der Waals surface area contributed by atoms with Gasteiger partial charge in [0, 0.05) is 24.0 Å². The summed E-state index contributed by atoms with van der Waals surface area (Å²) in [5, 5.41) is 9.14. The molecular weight excluding hydrogens is 460 g/mol. The number of rotatable bonds is 8. The van der Waals surface area contributed by atoms with E-state index in [0.29, 0.717) is 44.2 Å². The molecule has 0 fully saturated rings. The Balaban J connectivity index is 1.48. The number of carbonyl (C=O) groups is 2. The number of carboxylic acid groups (broad SMARTS) is 1. The number of nitrogens with zero attached hydrogens (tertiary/aromatic N) is 2. The minimum Gasteiger partial charge on any atom is -0.493 e. The summed E-state index contributed by atoms with van der Waals surface area (Å²) in [5.74, 6) is 1.16. The van der Waals surface area contributed by atoms with Crippen LogP contribution >= 0.6 is 0 Å². The van der Waals surface area contributed by atoms with Crippen LogP contribution in [-0.4, -0.2) is 39.3 Å². The van der Waals surface area contributed by atoms with Gasteiger partial charge in [0.05, 0.1) is 25.4 Å². The highest BCUT2D eigenvalue weighted by molar-refractivity contribution is 5.70. The summed E-state index contributed by atoms with van der Waals surface area (Å²) in [4.78, 5) is 30.1. The van der Waals surface area contributed by atoms with Crippen LogP contribution in [0.15, 0.2) is 46.9 Å². The number of hydrogen-bond acceptors (Lipinski definition) is 6. The summed E-state index contributed by atoms with van der Waals surface area (Å²) in [6.07, 6.45) is 0.572. The van der Waals surface area contributed by atoms with Gasteiger partial charge in [-0.2, -0.15) is 0 Å². The van der Waals surface area contributed by atoms with Crippen LogP contribution in [0.3, 0.4) is 0 Å². The van der Waals surface area contributed by atoms with Gasteiger partial charge in [-0.15, -0.1) is 0 Å². The third-order valence-corrected chi connectivity index (χ3v) is 5.95. The molecular formula is C28H32N2O6. The number of oxazole rings is 1. The molecule has 0 unspecified atom stereocenters. The predicted octanol–water partition coefficient (Wildman–Crippen LogP) is 5.54. The smallest absolute Gasteiger partial charge is 0.410 e. The van der Waals surface area contributed by atoms with Gasteiger partial charge in [-0.1, -0.05) is 24.3 Å². The highest BCUT2D eigenvalue weighted by Gasteiger charge is 2.31. The van der Waals surface area contributed by atoms with Gasteiger partial charge in [0.2, 0.25) is 5.89 Å². The van der Waals surface area contributed by atoms with E-state index in [-0.39, 0.29) is 6.42 Å². The SMILES string of the molecule is Cc1oc(-c2ccccc2)nc1CCOc1ccc(CCC(=O)O)c2c1CN(C(=O)OC(C)(C)C)C2. The molecule has 0 saturated carbocycles. The van der Waals surface area contributed by atoms with Crippen LogP contribution < -0.4 is 4.74 Å². The van der Waals surface area contributed by atoms with Crippen LogP contribution in [0.2, 0.25) is 0 Å². The van der Waals surface area contributed by atoms with E-state index in [2.05, 4.69) is 4.98 Å². The van der Waals surface area contributed by atoms with Gasteiger partial charge in [-0.3, -0.25) is 9.69 Å². The minimum absolute atomic E-state index is 0.0221. The molecule has 0 atom stereocenters. The molecule has 0 radical (unpaired) electrons. The average Bonchev–Trinajstić information content (AvgIpc) is 3.42. The lowest BCUT2D eigenvalue weighted by molar-refractivity contribution is -0.136. The Morgan fingerprint density at radius 3 is 2.47 bits per heavy atom. The second kappa shape index (κ2) is 10.4. The maximum Gasteiger partial charge on any atom is 0.410 e. The molecule has 0 bridgehead atoms. The van der Waals surface area contributed by atoms with Gasteiger partial charge in [0.1, 0.15) is 17.1 Å². The summed E-state index contributed by atoms with van der Waals surface area (Å²) in [6, 6.07) is 13.5. The van der Waals surface area contributed by atoms with Crippen LogP contribution in [0.1, 0.15) is 55.3 Å². The maximum atomic E-state index is 12.7. The summed E-state index contributed by atoms with van der Waals surface area (Å²) in [5.41, 5.74) is 3.88. The van der Waals surface area contributed by atoms with Crippen molar-refractivity contribution < 1.29 is 28.6 Å². The summed E-state index contributed by atoms with van der Waals surface area (Å²) < 4.78 is 17.6. The number of carbonyl (C=O) groups excluding carboxylic acids is 1. The fraction of sp³-hybridized carbons (Fsp3) is 0.393. The quantitative estimate of drug-likeness (QED) is 0.440. The molecule has 1 aliphatic heterocycles. The highest BCUT2D eigenvalue weighted by atomic mass is 16.6. The zero-order chi connectivity index (χ0) is 25.9. The zero-order valence-corrected chi connectivity index (χ0v) is 21.2. The molecule has 8 nitrogen and oxygen atoms in total. The van der Waals surface area contributed by atoms with Crippen LogP contribution in [0.4, 0.5) is 4.79 Å². The van der Waals surface area contributed by atoms with Crippen LogP contribution in [0, 0.1) is 6.92 Å². The standard InChI is InChI=1S/C28H32N2O6/c1-18-23(29-26(35-18)20-8-6-5-7-9-20)14-15-34-24-12-10-19(11-13-25(31)32)21-16-30(17-22(21)24)27(33)36-28(2,3)4/h5-10,12H,11,13-17H2,1-4H3,(H,31,32). The summed E-state index contributed by atoms with van der Waals surface area (Å²) in [6.45, 7) is 8.47. The highest BCUT2D eigenvalue weighted by Crippen LogP contribution is 2.35. The fourth-order valence-electron chi connectivity index (χ4n) is 4.22. The normalized spacial score (nSPS) is 12.9. The summed E-state index contributed by atoms with van der Waals surface area (Å²) in [7, 11) is 0. The van der Waals surface area contributed by atoms with Gasteiger partial charge in [0.25, 0.3) is 0 Å². The second-order valence-electron chi connectivity index (χ2n) is 9.90. The monoisotopic (exact) mass is 492 g/mol. The van der Waals surface area contributed by atoms with E-state index in [4.69, 9.17) is 19.0 Å². The Morgan fingerprint density at radius 2 is 1.78 bits per heavy atom. The molecule has 3 aromatic rings. The van der Waals surface area contributed by atoms with E-state index in [9.17, 15) is 9.59 Å². The van der Waals surface area contributed by atoms with Crippen molar-refractivity contribution in [3.8, 4) is 17.2 Å². The van der Waals surface area contributed by atoms with Gasteiger partial charge in [-0.25, -0.2) is 9.78 Å². The molecule has 0 spiro atoms. The number of aliphatic carboxylic acids is 1. The Bertz CT molecular complexity index is 1240. The molecule has 1 N–H and O–H groups in total. The number of carboxylic acids is 1. The molecule has 2 heterocycles. The molecule has 2 aromatic carbocycles. The van der Waals surface area contributed by atoms with Crippen molar-refractivity contribution in [2.24, 2.45) is 0 Å². The molecule has 1 aliphatic rings. The second-order valence-corrected chi connectivity index (χ2v) is 9.90. The van der Waals surface area contributed by atoms with E-state index in [1.54, 1.807) is 4.90 Å². The first kappa shape index (κ1) is 25.3. The molecule has 4 rings (SSSR count). The lowest BCUT2D eigenvalue weighted by Gasteiger charge is -2.24. The van der Waals surface area contributed by atoms with Gasteiger partial charge in [0.15, 0.2) is 0 Å². The van der Waals surface area contributed by atoms with Crippen molar-refractivity contribution in [2.45, 2.75) is 65.6 Å². The van der Waals surface area contributed by atoms with Crippen molar-refractivity contribution in [2.75, 3.05) is 6.61 Å².